The first kappa shape index (κ1) is 25.4. The van der Waals surface area contributed by atoms with Crippen LogP contribution in [0.5, 0.6) is 5.75 Å². The Labute approximate surface area is 165 Å². The predicted molar refractivity (Wildman–Crippen MR) is 112 cm³/mol. The lowest BCUT2D eigenvalue weighted by Crippen LogP contribution is -2.16. The molecule has 1 aliphatic rings. The molecule has 0 aliphatic carbocycles. The van der Waals surface area contributed by atoms with E-state index >= 15 is 0 Å². The van der Waals surface area contributed by atoms with Crippen LogP contribution in [-0.2, 0) is 24.4 Å². The van der Waals surface area contributed by atoms with Gasteiger partial charge in [-0.3, -0.25) is 0 Å². The second-order valence-electron chi connectivity index (χ2n) is 7.52. The maximum Gasteiger partial charge on any atom is 0.124 e. The molecule has 1 aromatic rings. The summed E-state index contributed by atoms with van der Waals surface area (Å²) in [5, 5.41) is 17.7. The van der Waals surface area contributed by atoms with Gasteiger partial charge in [0.05, 0.1) is 6.07 Å². The molecular weight excluding hydrogens is 340 g/mol. The van der Waals surface area contributed by atoms with Crippen molar-refractivity contribution in [1.29, 1.82) is 5.26 Å². The molecule has 0 aromatic heterocycles. The number of nitrogens with zero attached hydrogens (tertiary/aromatic N) is 4. The molecule has 1 aliphatic heterocycles. The standard InChI is InChI=1S/C15H27N3O.C4H8O.C2H3N/c1-16(2)9-12-7-13(10-17(3)4)15(19)14(8-12)11-18(5)6;1-2-4-5-3-1;1-2-3/h7-8,19H,9-11H2,1-6H3;1-4H2;1H3. The number of hydrogen-bond acceptors (Lipinski definition) is 6. The topological polar surface area (TPSA) is 63.0 Å². The number of phenolic OH excluding ortho intramolecular Hbond substituents is 1. The summed E-state index contributed by atoms with van der Waals surface area (Å²) in [5.74, 6) is 0.435. The number of phenols is 1. The maximum atomic E-state index is 10.4. The van der Waals surface area contributed by atoms with E-state index < -0.39 is 0 Å². The van der Waals surface area contributed by atoms with Gasteiger partial charge in [-0.25, -0.2) is 0 Å². The number of aromatic hydroxyl groups is 1. The Hall–Kier alpha value is -1.65. The largest absolute Gasteiger partial charge is 0.507 e. The second-order valence-corrected chi connectivity index (χ2v) is 7.52. The smallest absolute Gasteiger partial charge is 0.124 e. The van der Waals surface area contributed by atoms with Crippen molar-refractivity contribution >= 4 is 0 Å². The quantitative estimate of drug-likeness (QED) is 0.821. The fourth-order valence-electron chi connectivity index (χ4n) is 2.72. The SMILES string of the molecule is C1CCOC1.CC#N.CN(C)Cc1cc(CN(C)C)c(O)c(CN(C)C)c1. The fraction of sp³-hybridized carbons (Fsp3) is 0.667. The Morgan fingerprint density at radius 1 is 0.889 bits per heavy atom. The van der Waals surface area contributed by atoms with Crippen LogP contribution < -0.4 is 0 Å². The van der Waals surface area contributed by atoms with Crippen molar-refractivity contribution in [2.75, 3.05) is 55.5 Å². The van der Waals surface area contributed by atoms with Gasteiger partial charge in [-0.15, -0.1) is 0 Å². The van der Waals surface area contributed by atoms with Gasteiger partial charge < -0.3 is 24.5 Å². The van der Waals surface area contributed by atoms with E-state index in [4.69, 9.17) is 10.00 Å². The van der Waals surface area contributed by atoms with Crippen molar-refractivity contribution in [2.45, 2.75) is 39.4 Å². The van der Waals surface area contributed by atoms with Gasteiger partial charge >= 0.3 is 0 Å². The Morgan fingerprint density at radius 2 is 1.26 bits per heavy atom. The lowest BCUT2D eigenvalue weighted by molar-refractivity contribution is 0.198. The minimum Gasteiger partial charge on any atom is -0.507 e. The van der Waals surface area contributed by atoms with Crippen molar-refractivity contribution in [2.24, 2.45) is 0 Å². The average Bonchev–Trinajstić information content (AvgIpc) is 3.10. The van der Waals surface area contributed by atoms with Crippen LogP contribution in [0.2, 0.25) is 0 Å². The van der Waals surface area contributed by atoms with Crippen molar-refractivity contribution in [3.63, 3.8) is 0 Å². The van der Waals surface area contributed by atoms with Crippen LogP contribution in [0.25, 0.3) is 0 Å². The van der Waals surface area contributed by atoms with Gasteiger partial charge in [-0.2, -0.15) is 5.26 Å². The molecule has 1 N–H and O–H groups in total. The first-order chi connectivity index (χ1) is 12.7. The van der Waals surface area contributed by atoms with E-state index in [1.165, 1.54) is 25.3 Å². The molecule has 0 saturated carbocycles. The molecule has 0 amide bonds. The van der Waals surface area contributed by atoms with Crippen LogP contribution in [0.3, 0.4) is 0 Å². The Balaban J connectivity index is 0.000000698. The van der Waals surface area contributed by atoms with E-state index in [2.05, 4.69) is 40.9 Å². The first-order valence-corrected chi connectivity index (χ1v) is 9.37. The Kier molecular flexibility index (Phi) is 13.5. The lowest BCUT2D eigenvalue weighted by atomic mass is 10.0. The molecule has 1 aromatic carbocycles. The number of ether oxygens (including phenoxy) is 1. The highest BCUT2D eigenvalue weighted by atomic mass is 16.5. The molecule has 0 bridgehead atoms. The normalized spacial score (nSPS) is 13.1. The van der Waals surface area contributed by atoms with Crippen LogP contribution in [0.1, 0.15) is 36.5 Å². The minimum absolute atomic E-state index is 0.435. The lowest BCUT2D eigenvalue weighted by Gasteiger charge is -2.19. The summed E-state index contributed by atoms with van der Waals surface area (Å²) < 4.78 is 4.94. The Bertz CT molecular complexity index is 523. The number of rotatable bonds is 6. The van der Waals surface area contributed by atoms with E-state index in [9.17, 15) is 5.11 Å². The van der Waals surface area contributed by atoms with Crippen LogP contribution in [0, 0.1) is 11.3 Å². The minimum atomic E-state index is 0.435. The molecule has 1 saturated heterocycles. The third kappa shape index (κ3) is 12.4. The van der Waals surface area contributed by atoms with Crippen molar-refractivity contribution < 1.29 is 9.84 Å². The highest BCUT2D eigenvalue weighted by molar-refractivity contribution is 5.44. The van der Waals surface area contributed by atoms with E-state index in [-0.39, 0.29) is 0 Å². The average molecular weight is 379 g/mol. The highest BCUT2D eigenvalue weighted by Crippen LogP contribution is 2.27. The van der Waals surface area contributed by atoms with Gasteiger partial charge in [0.1, 0.15) is 5.75 Å². The predicted octanol–water partition coefficient (Wildman–Crippen LogP) is 2.90. The van der Waals surface area contributed by atoms with Gasteiger partial charge in [-0.1, -0.05) is 0 Å². The van der Waals surface area contributed by atoms with Gasteiger partial charge in [0.25, 0.3) is 0 Å². The molecule has 0 spiro atoms. The summed E-state index contributed by atoms with van der Waals surface area (Å²) in [6.45, 7) is 5.84. The third-order valence-electron chi connectivity index (χ3n) is 3.63. The van der Waals surface area contributed by atoms with Gasteiger partial charge in [0, 0.05) is 50.9 Å². The molecule has 0 unspecified atom stereocenters. The second kappa shape index (κ2) is 14.4. The molecule has 0 atom stereocenters. The number of hydrogen-bond donors (Lipinski definition) is 1. The summed E-state index contributed by atoms with van der Waals surface area (Å²) in [4.78, 5) is 6.30. The highest BCUT2D eigenvalue weighted by Gasteiger charge is 2.12. The summed E-state index contributed by atoms with van der Waals surface area (Å²) in [5.41, 5.74) is 3.25. The van der Waals surface area contributed by atoms with E-state index in [0.29, 0.717) is 5.75 Å². The summed E-state index contributed by atoms with van der Waals surface area (Å²) in [7, 11) is 12.2. The molecule has 0 radical (unpaired) electrons. The summed E-state index contributed by atoms with van der Waals surface area (Å²) >= 11 is 0. The molecule has 6 heteroatoms. The fourth-order valence-corrected chi connectivity index (χ4v) is 2.72. The van der Waals surface area contributed by atoms with Crippen molar-refractivity contribution in [3.05, 3.63) is 28.8 Å². The van der Waals surface area contributed by atoms with Crippen molar-refractivity contribution in [1.82, 2.24) is 14.7 Å². The van der Waals surface area contributed by atoms with E-state index in [1.54, 1.807) is 6.07 Å². The molecule has 154 valence electrons. The van der Waals surface area contributed by atoms with E-state index in [0.717, 1.165) is 44.0 Å². The molecular formula is C21H38N4O2. The zero-order chi connectivity index (χ0) is 20.8. The Morgan fingerprint density at radius 3 is 1.52 bits per heavy atom. The van der Waals surface area contributed by atoms with Gasteiger partial charge in [0.2, 0.25) is 0 Å². The molecule has 6 nitrogen and oxygen atoms in total. The van der Waals surface area contributed by atoms with Gasteiger partial charge in [-0.05, 0) is 72.8 Å². The molecule has 2 rings (SSSR count). The molecule has 1 fully saturated rings. The third-order valence-corrected chi connectivity index (χ3v) is 3.63. The van der Waals surface area contributed by atoms with E-state index in [1.807, 2.05) is 28.2 Å². The number of nitriles is 1. The van der Waals surface area contributed by atoms with Crippen LogP contribution in [0.15, 0.2) is 12.1 Å². The van der Waals surface area contributed by atoms with Gasteiger partial charge in [0.15, 0.2) is 0 Å². The van der Waals surface area contributed by atoms with Crippen molar-refractivity contribution in [3.8, 4) is 11.8 Å². The van der Waals surface area contributed by atoms with Crippen LogP contribution in [-0.4, -0.2) is 75.3 Å². The first-order valence-electron chi connectivity index (χ1n) is 9.37. The summed E-state index contributed by atoms with van der Waals surface area (Å²) in [6, 6.07) is 5.96. The molecule has 1 heterocycles. The molecule has 27 heavy (non-hydrogen) atoms. The number of benzene rings is 1. The van der Waals surface area contributed by atoms with Crippen LogP contribution in [0.4, 0.5) is 0 Å². The zero-order valence-corrected chi connectivity index (χ0v) is 18.2. The van der Waals surface area contributed by atoms with Crippen LogP contribution >= 0.6 is 0 Å². The summed E-state index contributed by atoms with van der Waals surface area (Å²) in [6.07, 6.45) is 2.56. The maximum absolute atomic E-state index is 10.4. The monoisotopic (exact) mass is 378 g/mol. The zero-order valence-electron chi connectivity index (χ0n) is 18.2.